The van der Waals surface area contributed by atoms with Crippen LogP contribution in [-0.2, 0) is 0 Å². The minimum Gasteiger partial charge on any atom is -0.200 e. The highest BCUT2D eigenvalue weighted by molar-refractivity contribution is 14.1. The second-order valence-electron chi connectivity index (χ2n) is 6.77. The molecule has 164 valence electrons. The summed E-state index contributed by atoms with van der Waals surface area (Å²) in [7, 11) is 0. The Morgan fingerprint density at radius 1 is 0.630 bits per heavy atom. The Morgan fingerprint density at radius 3 is 1.44 bits per heavy atom. The zero-order valence-corrected chi connectivity index (χ0v) is 17.3. The van der Waals surface area contributed by atoms with Crippen LogP contribution >= 0.6 is 22.6 Å². The van der Waals surface area contributed by atoms with E-state index in [-0.39, 0.29) is 6.42 Å². The summed E-state index contributed by atoms with van der Waals surface area (Å²) >= 11 is 1.40. The van der Waals surface area contributed by atoms with Crippen LogP contribution in [0.2, 0.25) is 0 Å². The summed E-state index contributed by atoms with van der Waals surface area (Å²) in [6, 6.07) is 0. The van der Waals surface area contributed by atoms with Crippen LogP contribution in [0, 0.1) is 0 Å². The van der Waals surface area contributed by atoms with E-state index in [1.807, 2.05) is 0 Å². The van der Waals surface area contributed by atoms with Crippen LogP contribution in [0.15, 0.2) is 0 Å². The highest BCUT2D eigenvalue weighted by atomic mass is 127. The van der Waals surface area contributed by atoms with E-state index in [0.717, 1.165) is 38.5 Å². The van der Waals surface area contributed by atoms with E-state index in [4.69, 9.17) is 0 Å². The number of unbranched alkanes of at least 4 members (excludes halogenated alkanes) is 8. The van der Waals surface area contributed by atoms with Crippen LogP contribution in [0.3, 0.4) is 0 Å². The first-order valence-corrected chi connectivity index (χ1v) is 10.3. The molecule has 0 fully saturated rings. The Kier molecular flexibility index (Phi) is 11.4. The second kappa shape index (κ2) is 11.3. The van der Waals surface area contributed by atoms with E-state index >= 15 is 0 Å². The molecule has 0 amide bonds. The zero-order valence-electron chi connectivity index (χ0n) is 15.1. The van der Waals surface area contributed by atoms with Gasteiger partial charge in [0.05, 0.1) is 0 Å². The Morgan fingerprint density at radius 2 is 1.04 bits per heavy atom. The third-order valence-corrected chi connectivity index (χ3v) is 5.37. The molecule has 0 aliphatic rings. The predicted octanol–water partition coefficient (Wildman–Crippen LogP) is 8.57. The fourth-order valence-corrected chi connectivity index (χ4v) is 3.59. The minimum atomic E-state index is -6.79. The lowest BCUT2D eigenvalue weighted by Crippen LogP contribution is -2.61. The first-order valence-electron chi connectivity index (χ1n) is 9.05. The summed E-state index contributed by atoms with van der Waals surface area (Å²) in [5.74, 6) is -18.8. The van der Waals surface area contributed by atoms with Gasteiger partial charge in [-0.1, -0.05) is 87.3 Å². The summed E-state index contributed by atoms with van der Waals surface area (Å²) in [6.45, 7) is 2.10. The summed E-state index contributed by atoms with van der Waals surface area (Å²) in [5.41, 5.74) is 0. The van der Waals surface area contributed by atoms with E-state index in [1.165, 1.54) is 29.0 Å². The highest BCUT2D eigenvalue weighted by Gasteiger charge is 2.81. The molecule has 1 unspecified atom stereocenters. The van der Waals surface area contributed by atoms with Crippen molar-refractivity contribution in [1.29, 1.82) is 0 Å². The number of alkyl halides is 10. The lowest BCUT2D eigenvalue weighted by molar-refractivity contribution is -0.396. The Bertz CT molecular complexity index is 408. The van der Waals surface area contributed by atoms with Crippen molar-refractivity contribution in [2.45, 2.75) is 105 Å². The first-order chi connectivity index (χ1) is 12.2. The van der Waals surface area contributed by atoms with Gasteiger partial charge in [0.25, 0.3) is 0 Å². The molecule has 0 spiro atoms. The van der Waals surface area contributed by atoms with E-state index in [0.29, 0.717) is 12.8 Å². The van der Waals surface area contributed by atoms with E-state index < -0.39 is 34.3 Å². The fourth-order valence-electron chi connectivity index (χ4n) is 2.59. The summed E-state index contributed by atoms with van der Waals surface area (Å²) < 4.78 is 114. The molecule has 0 aromatic rings. The van der Waals surface area contributed by atoms with E-state index in [2.05, 4.69) is 6.92 Å². The monoisotopic (exact) mass is 528 g/mol. The third-order valence-electron chi connectivity index (χ3n) is 4.31. The number of rotatable bonds is 14. The minimum absolute atomic E-state index is 0.0552. The van der Waals surface area contributed by atoms with Crippen molar-refractivity contribution in [3.05, 3.63) is 0 Å². The van der Waals surface area contributed by atoms with Crippen LogP contribution in [-0.4, -0.2) is 27.9 Å². The molecular weight excluding hydrogens is 502 g/mol. The molecule has 27 heavy (non-hydrogen) atoms. The van der Waals surface area contributed by atoms with Crippen LogP contribution < -0.4 is 0 Å². The standard InChI is InChI=1S/C17H26F9I/c1-2-3-4-5-6-7-8-9-10-11-13(27)12-14(18,19)15(20,21)16(22,23)17(24,25)26/h13H,2-12H2,1H3. The molecule has 1 atom stereocenters. The maximum atomic E-state index is 13.5. The van der Waals surface area contributed by atoms with Crippen LogP contribution in [0.5, 0.6) is 0 Å². The average Bonchev–Trinajstić information content (AvgIpc) is 2.51. The van der Waals surface area contributed by atoms with Crippen molar-refractivity contribution < 1.29 is 39.5 Å². The summed E-state index contributed by atoms with van der Waals surface area (Å²) in [5, 5.41) is 0. The number of hydrogen-bond donors (Lipinski definition) is 0. The molecule has 0 nitrogen and oxygen atoms in total. The van der Waals surface area contributed by atoms with E-state index in [1.54, 1.807) is 0 Å². The van der Waals surface area contributed by atoms with Gasteiger partial charge < -0.3 is 0 Å². The molecule has 0 bridgehead atoms. The molecular formula is C17H26F9I. The molecule has 0 aliphatic carbocycles. The SMILES string of the molecule is CCCCCCCCCCCC(I)CC(F)(F)C(F)(F)C(F)(F)C(F)(F)F. The quantitative estimate of drug-likeness (QED) is 0.0918. The molecule has 0 radical (unpaired) electrons. The Balaban J connectivity index is 4.34. The molecule has 0 heterocycles. The van der Waals surface area contributed by atoms with Gasteiger partial charge in [0, 0.05) is 10.3 Å². The molecule has 0 aromatic carbocycles. The molecule has 10 heteroatoms. The highest BCUT2D eigenvalue weighted by Crippen LogP contribution is 2.54. The zero-order chi connectivity index (χ0) is 21.4. The average molecular weight is 528 g/mol. The summed E-state index contributed by atoms with van der Waals surface area (Å²) in [6.07, 6.45) is 0.0862. The fraction of sp³-hybridized carbons (Fsp3) is 1.00. The van der Waals surface area contributed by atoms with Gasteiger partial charge >= 0.3 is 23.9 Å². The number of halogens is 10. The van der Waals surface area contributed by atoms with Crippen LogP contribution in [0.4, 0.5) is 39.5 Å². The molecule has 0 aromatic heterocycles. The lowest BCUT2D eigenvalue weighted by Gasteiger charge is -2.34. The maximum absolute atomic E-state index is 13.5. The molecule has 0 saturated heterocycles. The van der Waals surface area contributed by atoms with Crippen molar-refractivity contribution in [3.63, 3.8) is 0 Å². The Hall–Kier alpha value is 0.1000. The lowest BCUT2D eigenvalue weighted by atomic mass is 9.97. The van der Waals surface area contributed by atoms with Gasteiger partial charge in [-0.15, -0.1) is 0 Å². The maximum Gasteiger partial charge on any atom is 0.460 e. The molecule has 0 saturated carbocycles. The molecule has 0 N–H and O–H groups in total. The van der Waals surface area contributed by atoms with Gasteiger partial charge in [-0.05, 0) is 6.42 Å². The van der Waals surface area contributed by atoms with Gasteiger partial charge in [0.1, 0.15) is 0 Å². The van der Waals surface area contributed by atoms with Gasteiger partial charge in [-0.25, -0.2) is 0 Å². The van der Waals surface area contributed by atoms with E-state index in [9.17, 15) is 39.5 Å². The normalized spacial score (nSPS) is 15.2. The predicted molar refractivity (Wildman–Crippen MR) is 95.2 cm³/mol. The van der Waals surface area contributed by atoms with Crippen LogP contribution in [0.1, 0.15) is 77.6 Å². The first kappa shape index (κ1) is 27.1. The van der Waals surface area contributed by atoms with Gasteiger partial charge in [-0.3, -0.25) is 0 Å². The van der Waals surface area contributed by atoms with Gasteiger partial charge in [0.2, 0.25) is 0 Å². The molecule has 0 aliphatic heterocycles. The molecule has 0 rings (SSSR count). The topological polar surface area (TPSA) is 0 Å². The van der Waals surface area contributed by atoms with Crippen molar-refractivity contribution >= 4 is 22.6 Å². The van der Waals surface area contributed by atoms with Crippen molar-refractivity contribution in [2.24, 2.45) is 0 Å². The van der Waals surface area contributed by atoms with Crippen molar-refractivity contribution in [3.8, 4) is 0 Å². The largest absolute Gasteiger partial charge is 0.460 e. The van der Waals surface area contributed by atoms with Gasteiger partial charge in [-0.2, -0.15) is 39.5 Å². The van der Waals surface area contributed by atoms with Crippen molar-refractivity contribution in [1.82, 2.24) is 0 Å². The smallest absolute Gasteiger partial charge is 0.200 e. The second-order valence-corrected chi connectivity index (χ2v) is 8.53. The number of hydrogen-bond acceptors (Lipinski definition) is 0. The third kappa shape index (κ3) is 8.16. The van der Waals surface area contributed by atoms with Gasteiger partial charge in [0.15, 0.2) is 0 Å². The van der Waals surface area contributed by atoms with Crippen LogP contribution in [0.25, 0.3) is 0 Å². The Labute approximate surface area is 167 Å². The summed E-state index contributed by atoms with van der Waals surface area (Å²) in [4.78, 5) is 0. The van der Waals surface area contributed by atoms with Crippen molar-refractivity contribution in [2.75, 3.05) is 0 Å².